The lowest BCUT2D eigenvalue weighted by atomic mass is 10.3. The van der Waals surface area contributed by atoms with E-state index < -0.39 is 6.10 Å². The number of halogens is 1. The molecule has 0 aliphatic heterocycles. The summed E-state index contributed by atoms with van der Waals surface area (Å²) >= 11 is 5.97. The summed E-state index contributed by atoms with van der Waals surface area (Å²) in [6.45, 7) is 0.609. The molecule has 1 N–H and O–H groups in total. The summed E-state index contributed by atoms with van der Waals surface area (Å²) in [4.78, 5) is 9.71. The first-order chi connectivity index (χ1) is 8.08. The summed E-state index contributed by atoms with van der Waals surface area (Å²) in [6, 6.07) is 0.234. The molecular formula is C10H16ClN3O3. The van der Waals surface area contributed by atoms with E-state index in [4.69, 9.17) is 21.1 Å². The van der Waals surface area contributed by atoms with E-state index >= 15 is 0 Å². The van der Waals surface area contributed by atoms with Gasteiger partial charge in [-0.2, -0.15) is 4.98 Å². The predicted octanol–water partition coefficient (Wildman–Crippen LogP) is 0.582. The molecule has 0 saturated heterocycles. The number of anilines is 1. The van der Waals surface area contributed by atoms with Crippen LogP contribution in [0, 0.1) is 0 Å². The van der Waals surface area contributed by atoms with Crippen LogP contribution >= 0.6 is 11.6 Å². The third kappa shape index (κ3) is 3.99. The Kier molecular flexibility index (Phi) is 5.40. The van der Waals surface area contributed by atoms with Gasteiger partial charge in [0.05, 0.1) is 26.0 Å². The monoisotopic (exact) mass is 261 g/mol. The highest BCUT2D eigenvalue weighted by Gasteiger charge is 2.14. The molecular weight excluding hydrogens is 246 g/mol. The molecule has 0 aliphatic carbocycles. The summed E-state index contributed by atoms with van der Waals surface area (Å²) < 4.78 is 9.77. The van der Waals surface area contributed by atoms with Crippen LogP contribution in [0.3, 0.4) is 0 Å². The first kappa shape index (κ1) is 14.0. The van der Waals surface area contributed by atoms with Gasteiger partial charge in [-0.1, -0.05) is 11.6 Å². The minimum atomic E-state index is -0.609. The van der Waals surface area contributed by atoms with Crippen LogP contribution in [-0.2, 0) is 4.74 Å². The Morgan fingerprint density at radius 2 is 2.24 bits per heavy atom. The maximum absolute atomic E-state index is 9.61. The number of aromatic nitrogens is 2. The van der Waals surface area contributed by atoms with Crippen molar-refractivity contribution in [2.24, 2.45) is 0 Å². The normalized spacial score (nSPS) is 12.3. The van der Waals surface area contributed by atoms with Crippen LogP contribution in [0.4, 0.5) is 5.82 Å². The first-order valence-corrected chi connectivity index (χ1v) is 5.41. The fraction of sp³-hybridized carbons (Fsp3) is 0.600. The standard InChI is InChI=1S/C10H16ClN3O3/c1-14(5-7(15)6-16-2)9-8(11)4-12-10(13-9)17-3/h4,7,15H,5-6H2,1-3H3. The highest BCUT2D eigenvalue weighted by atomic mass is 35.5. The van der Waals surface area contributed by atoms with Crippen molar-refractivity contribution < 1.29 is 14.6 Å². The van der Waals surface area contributed by atoms with Crippen molar-refractivity contribution in [3.63, 3.8) is 0 Å². The summed E-state index contributed by atoms with van der Waals surface area (Å²) in [7, 11) is 4.78. The van der Waals surface area contributed by atoms with Gasteiger partial charge in [0.15, 0.2) is 5.82 Å². The number of likely N-dealkylation sites (N-methyl/N-ethyl adjacent to an activating group) is 1. The number of hydrogen-bond acceptors (Lipinski definition) is 6. The van der Waals surface area contributed by atoms with Gasteiger partial charge in [-0.05, 0) is 0 Å². The number of nitrogens with zero attached hydrogens (tertiary/aromatic N) is 3. The van der Waals surface area contributed by atoms with E-state index in [0.29, 0.717) is 17.4 Å². The molecule has 0 aromatic carbocycles. The number of ether oxygens (including phenoxy) is 2. The number of aliphatic hydroxyl groups is 1. The Morgan fingerprint density at radius 3 is 2.82 bits per heavy atom. The summed E-state index contributed by atoms with van der Waals surface area (Å²) in [5.41, 5.74) is 0. The molecule has 17 heavy (non-hydrogen) atoms. The topological polar surface area (TPSA) is 67.7 Å². The highest BCUT2D eigenvalue weighted by Crippen LogP contribution is 2.23. The molecule has 0 radical (unpaired) electrons. The summed E-state index contributed by atoms with van der Waals surface area (Å²) in [5.74, 6) is 0.508. The fourth-order valence-electron chi connectivity index (χ4n) is 1.36. The molecule has 0 bridgehead atoms. The van der Waals surface area contributed by atoms with Crippen molar-refractivity contribution >= 4 is 17.4 Å². The lowest BCUT2D eigenvalue weighted by Crippen LogP contribution is -2.32. The Bertz CT molecular complexity index is 365. The van der Waals surface area contributed by atoms with E-state index in [9.17, 15) is 5.11 Å². The molecule has 7 heteroatoms. The minimum absolute atomic E-state index is 0.234. The number of hydrogen-bond donors (Lipinski definition) is 1. The quantitative estimate of drug-likeness (QED) is 0.808. The van der Waals surface area contributed by atoms with Crippen LogP contribution in [-0.4, -0.2) is 55.6 Å². The smallest absolute Gasteiger partial charge is 0.318 e. The number of rotatable bonds is 6. The van der Waals surface area contributed by atoms with Gasteiger partial charge in [-0.25, -0.2) is 4.98 Å². The van der Waals surface area contributed by atoms with Crippen molar-refractivity contribution in [2.45, 2.75) is 6.10 Å². The maximum atomic E-state index is 9.61. The van der Waals surface area contributed by atoms with Gasteiger partial charge in [-0.3, -0.25) is 0 Å². The third-order valence-corrected chi connectivity index (χ3v) is 2.36. The molecule has 6 nitrogen and oxygen atoms in total. The minimum Gasteiger partial charge on any atom is -0.467 e. The molecule has 1 heterocycles. The van der Waals surface area contributed by atoms with E-state index in [-0.39, 0.29) is 12.6 Å². The van der Waals surface area contributed by atoms with Gasteiger partial charge in [0, 0.05) is 20.7 Å². The van der Waals surface area contributed by atoms with Crippen molar-refractivity contribution in [2.75, 3.05) is 39.3 Å². The average molecular weight is 262 g/mol. The van der Waals surface area contributed by atoms with Gasteiger partial charge in [0.25, 0.3) is 0 Å². The second kappa shape index (κ2) is 6.58. The molecule has 1 atom stereocenters. The zero-order valence-corrected chi connectivity index (χ0v) is 10.8. The number of aliphatic hydroxyl groups excluding tert-OH is 1. The van der Waals surface area contributed by atoms with Gasteiger partial charge in [0.2, 0.25) is 0 Å². The lowest BCUT2D eigenvalue weighted by Gasteiger charge is -2.22. The zero-order chi connectivity index (χ0) is 12.8. The second-order valence-electron chi connectivity index (χ2n) is 3.52. The molecule has 1 aromatic heterocycles. The highest BCUT2D eigenvalue weighted by molar-refractivity contribution is 6.32. The van der Waals surface area contributed by atoms with Gasteiger partial charge in [-0.15, -0.1) is 0 Å². The summed E-state index contributed by atoms with van der Waals surface area (Å²) in [6.07, 6.45) is 0.851. The van der Waals surface area contributed by atoms with Gasteiger partial charge in [0.1, 0.15) is 5.02 Å². The third-order valence-electron chi connectivity index (χ3n) is 2.09. The van der Waals surface area contributed by atoms with E-state index in [1.165, 1.54) is 20.4 Å². The van der Waals surface area contributed by atoms with Crippen LogP contribution < -0.4 is 9.64 Å². The van der Waals surface area contributed by atoms with Crippen LogP contribution in [0.5, 0.6) is 6.01 Å². The van der Waals surface area contributed by atoms with Crippen molar-refractivity contribution in [3.05, 3.63) is 11.2 Å². The molecule has 0 amide bonds. The maximum Gasteiger partial charge on any atom is 0.318 e. The molecule has 1 aromatic rings. The molecule has 0 fully saturated rings. The predicted molar refractivity (Wildman–Crippen MR) is 64.7 cm³/mol. The molecule has 1 rings (SSSR count). The summed E-state index contributed by atoms with van der Waals surface area (Å²) in [5, 5.41) is 10.0. The zero-order valence-electron chi connectivity index (χ0n) is 10.1. The average Bonchev–Trinajstić information content (AvgIpc) is 2.29. The Balaban J connectivity index is 2.76. The van der Waals surface area contributed by atoms with Crippen LogP contribution in [0.15, 0.2) is 6.20 Å². The Labute approximate surface area is 105 Å². The van der Waals surface area contributed by atoms with Crippen LogP contribution in [0.1, 0.15) is 0 Å². The van der Waals surface area contributed by atoms with Crippen molar-refractivity contribution in [1.29, 1.82) is 0 Å². The molecule has 0 spiro atoms. The number of methoxy groups -OCH3 is 2. The molecule has 0 saturated carbocycles. The van der Waals surface area contributed by atoms with Crippen LogP contribution in [0.25, 0.3) is 0 Å². The second-order valence-corrected chi connectivity index (χ2v) is 3.93. The molecule has 96 valence electrons. The van der Waals surface area contributed by atoms with E-state index in [2.05, 4.69) is 9.97 Å². The van der Waals surface area contributed by atoms with Crippen molar-refractivity contribution in [1.82, 2.24) is 9.97 Å². The van der Waals surface area contributed by atoms with E-state index in [1.54, 1.807) is 11.9 Å². The molecule has 1 unspecified atom stereocenters. The largest absolute Gasteiger partial charge is 0.467 e. The van der Waals surface area contributed by atoms with Gasteiger partial charge >= 0.3 is 6.01 Å². The lowest BCUT2D eigenvalue weighted by molar-refractivity contribution is 0.0694. The van der Waals surface area contributed by atoms with Gasteiger partial charge < -0.3 is 19.5 Å². The van der Waals surface area contributed by atoms with Crippen LogP contribution in [0.2, 0.25) is 5.02 Å². The first-order valence-electron chi connectivity index (χ1n) is 5.03. The van der Waals surface area contributed by atoms with Crippen molar-refractivity contribution in [3.8, 4) is 6.01 Å². The molecule has 0 aliphatic rings. The fourth-order valence-corrected chi connectivity index (χ4v) is 1.59. The Morgan fingerprint density at radius 1 is 1.53 bits per heavy atom. The van der Waals surface area contributed by atoms with E-state index in [0.717, 1.165) is 0 Å². The van der Waals surface area contributed by atoms with E-state index in [1.807, 2.05) is 0 Å². The SMILES string of the molecule is COCC(O)CN(C)c1nc(OC)ncc1Cl. The Hall–Kier alpha value is -1.11.